The van der Waals surface area contributed by atoms with Gasteiger partial charge in [-0.3, -0.25) is 4.79 Å². The Morgan fingerprint density at radius 1 is 1.32 bits per heavy atom. The number of aromatic nitrogens is 1. The molecule has 1 heterocycles. The third-order valence-electron chi connectivity index (χ3n) is 2.36. The zero-order valence-corrected chi connectivity index (χ0v) is 11.8. The van der Waals surface area contributed by atoms with E-state index in [0.29, 0.717) is 20.8 Å². The van der Waals surface area contributed by atoms with E-state index in [4.69, 9.17) is 11.5 Å². The summed E-state index contributed by atoms with van der Waals surface area (Å²) >= 11 is 1.98. The Morgan fingerprint density at radius 2 is 2.05 bits per heavy atom. The summed E-state index contributed by atoms with van der Waals surface area (Å²) in [4.78, 5) is 15.1. The minimum absolute atomic E-state index is 0.105. The Kier molecular flexibility index (Phi) is 3.84. The molecule has 7 heteroatoms. The van der Waals surface area contributed by atoms with Gasteiger partial charge in [-0.2, -0.15) is 0 Å². The molecule has 1 aromatic heterocycles. The van der Waals surface area contributed by atoms with Crippen LogP contribution in [0.15, 0.2) is 30.3 Å². The van der Waals surface area contributed by atoms with Crippen LogP contribution >= 0.6 is 22.6 Å². The van der Waals surface area contributed by atoms with Crippen molar-refractivity contribution in [1.82, 2.24) is 4.98 Å². The van der Waals surface area contributed by atoms with Crippen LogP contribution in [0.3, 0.4) is 0 Å². The Labute approximate surface area is 122 Å². The summed E-state index contributed by atoms with van der Waals surface area (Å²) in [6.07, 6.45) is 0. The third-order valence-corrected chi connectivity index (χ3v) is 3.26. The first-order valence-electron chi connectivity index (χ1n) is 5.26. The molecule has 5 N–H and O–H groups in total. The molecule has 0 saturated heterocycles. The van der Waals surface area contributed by atoms with Crippen molar-refractivity contribution in [2.45, 2.75) is 0 Å². The topological polar surface area (TPSA) is 94.0 Å². The van der Waals surface area contributed by atoms with Gasteiger partial charge in [0.2, 0.25) is 0 Å². The van der Waals surface area contributed by atoms with Gasteiger partial charge in [0, 0.05) is 3.57 Å². The normalized spacial score (nSPS) is 10.2. The molecule has 5 nitrogen and oxygen atoms in total. The molecular weight excluding hydrogens is 362 g/mol. The number of primary amides is 1. The lowest BCUT2D eigenvalue weighted by Gasteiger charge is -2.10. The van der Waals surface area contributed by atoms with Crippen LogP contribution in [0.1, 0.15) is 10.5 Å². The van der Waals surface area contributed by atoms with Crippen LogP contribution in [0.5, 0.6) is 0 Å². The van der Waals surface area contributed by atoms with Gasteiger partial charge in [0.05, 0.1) is 11.4 Å². The zero-order chi connectivity index (χ0) is 14.0. The van der Waals surface area contributed by atoms with Crippen LogP contribution in [0.4, 0.5) is 21.6 Å². The van der Waals surface area contributed by atoms with Crippen molar-refractivity contribution in [1.29, 1.82) is 0 Å². The molecule has 0 radical (unpaired) electrons. The molecule has 2 rings (SSSR count). The van der Waals surface area contributed by atoms with Gasteiger partial charge >= 0.3 is 0 Å². The molecule has 0 fully saturated rings. The second-order valence-electron chi connectivity index (χ2n) is 3.75. The van der Waals surface area contributed by atoms with E-state index in [-0.39, 0.29) is 11.5 Å². The molecule has 0 unspecified atom stereocenters. The summed E-state index contributed by atoms with van der Waals surface area (Å²) in [5, 5.41) is 2.94. The summed E-state index contributed by atoms with van der Waals surface area (Å²) in [5.41, 5.74) is 12.0. The summed E-state index contributed by atoms with van der Waals surface area (Å²) < 4.78 is 13.7. The fourth-order valence-corrected chi connectivity index (χ4v) is 2.04. The monoisotopic (exact) mass is 372 g/mol. The molecule has 0 spiro atoms. The van der Waals surface area contributed by atoms with Gasteiger partial charge in [-0.05, 0) is 52.9 Å². The largest absolute Gasteiger partial charge is 0.396 e. The molecule has 98 valence electrons. The predicted molar refractivity (Wildman–Crippen MR) is 79.6 cm³/mol. The highest BCUT2D eigenvalue weighted by Crippen LogP contribution is 2.25. The van der Waals surface area contributed by atoms with E-state index in [2.05, 4.69) is 10.3 Å². The minimum Gasteiger partial charge on any atom is -0.396 e. The number of carbonyl (C=O) groups is 1. The zero-order valence-electron chi connectivity index (χ0n) is 9.65. The number of rotatable bonds is 3. The molecule has 2 aromatic rings. The lowest BCUT2D eigenvalue weighted by molar-refractivity contribution is 0.0996. The van der Waals surface area contributed by atoms with Gasteiger partial charge < -0.3 is 16.8 Å². The molecule has 1 aromatic carbocycles. The molecule has 19 heavy (non-hydrogen) atoms. The van der Waals surface area contributed by atoms with Gasteiger partial charge in [-0.15, -0.1) is 0 Å². The number of amides is 1. The molecule has 0 aliphatic rings. The van der Waals surface area contributed by atoms with Crippen molar-refractivity contribution in [2.24, 2.45) is 5.73 Å². The maximum Gasteiger partial charge on any atom is 0.267 e. The van der Waals surface area contributed by atoms with Crippen LogP contribution in [-0.4, -0.2) is 10.9 Å². The van der Waals surface area contributed by atoms with E-state index in [1.54, 1.807) is 6.07 Å². The Hall–Kier alpha value is -1.90. The molecular formula is C12H10FIN4O. The van der Waals surface area contributed by atoms with Crippen LogP contribution in [0.25, 0.3) is 0 Å². The van der Waals surface area contributed by atoms with E-state index in [9.17, 15) is 9.18 Å². The van der Waals surface area contributed by atoms with Gasteiger partial charge in [-0.1, -0.05) is 0 Å². The SMILES string of the molecule is NC(=O)c1ccc(N)c(Nc2ccc(F)cc2I)n1. The van der Waals surface area contributed by atoms with E-state index in [1.807, 2.05) is 22.6 Å². The highest BCUT2D eigenvalue weighted by Gasteiger charge is 2.09. The fourth-order valence-electron chi connectivity index (χ4n) is 1.43. The number of nitrogens with two attached hydrogens (primary N) is 2. The van der Waals surface area contributed by atoms with Gasteiger partial charge in [0.1, 0.15) is 11.5 Å². The summed E-state index contributed by atoms with van der Waals surface area (Å²) in [6.45, 7) is 0. The second-order valence-corrected chi connectivity index (χ2v) is 4.91. The van der Waals surface area contributed by atoms with Crippen molar-refractivity contribution in [3.05, 3.63) is 45.4 Å². The number of pyridine rings is 1. The second kappa shape index (κ2) is 5.39. The molecule has 0 bridgehead atoms. The predicted octanol–water partition coefficient (Wildman–Crippen LogP) is 2.25. The van der Waals surface area contributed by atoms with Crippen LogP contribution in [0.2, 0.25) is 0 Å². The maximum absolute atomic E-state index is 13.0. The fraction of sp³-hybridized carbons (Fsp3) is 0. The smallest absolute Gasteiger partial charge is 0.267 e. The van der Waals surface area contributed by atoms with Crippen LogP contribution < -0.4 is 16.8 Å². The molecule has 0 saturated carbocycles. The first-order chi connectivity index (χ1) is 8.97. The minimum atomic E-state index is -0.642. The maximum atomic E-state index is 13.0. The molecule has 1 amide bonds. The number of nitrogen functional groups attached to an aromatic ring is 1. The van der Waals surface area contributed by atoms with Crippen LogP contribution in [-0.2, 0) is 0 Å². The highest BCUT2D eigenvalue weighted by atomic mass is 127. The number of benzene rings is 1. The van der Waals surface area contributed by atoms with E-state index in [1.165, 1.54) is 24.3 Å². The van der Waals surface area contributed by atoms with Crippen molar-refractivity contribution >= 4 is 45.7 Å². The van der Waals surface area contributed by atoms with Gasteiger partial charge in [-0.25, -0.2) is 9.37 Å². The van der Waals surface area contributed by atoms with Crippen molar-refractivity contribution < 1.29 is 9.18 Å². The summed E-state index contributed by atoms with van der Waals surface area (Å²) in [5.74, 6) is -0.667. The van der Waals surface area contributed by atoms with Gasteiger partial charge in [0.25, 0.3) is 5.91 Å². The average molecular weight is 372 g/mol. The number of anilines is 3. The van der Waals surface area contributed by atoms with Gasteiger partial charge in [0.15, 0.2) is 5.82 Å². The quantitative estimate of drug-likeness (QED) is 0.721. The van der Waals surface area contributed by atoms with E-state index in [0.717, 1.165) is 0 Å². The van der Waals surface area contributed by atoms with Crippen molar-refractivity contribution in [3.8, 4) is 0 Å². The molecule has 0 aliphatic heterocycles. The van der Waals surface area contributed by atoms with Crippen molar-refractivity contribution in [3.63, 3.8) is 0 Å². The summed E-state index contributed by atoms with van der Waals surface area (Å²) in [6, 6.07) is 7.23. The van der Waals surface area contributed by atoms with E-state index >= 15 is 0 Å². The highest BCUT2D eigenvalue weighted by molar-refractivity contribution is 14.1. The number of hydrogen-bond acceptors (Lipinski definition) is 4. The number of nitrogens with zero attached hydrogens (tertiary/aromatic N) is 1. The molecule has 0 atom stereocenters. The average Bonchev–Trinajstić information content (AvgIpc) is 2.34. The first kappa shape index (κ1) is 13.5. The lowest BCUT2D eigenvalue weighted by atomic mass is 10.2. The first-order valence-corrected chi connectivity index (χ1v) is 6.33. The van der Waals surface area contributed by atoms with Crippen molar-refractivity contribution in [2.75, 3.05) is 11.1 Å². The third kappa shape index (κ3) is 3.11. The Balaban J connectivity index is 2.37. The summed E-state index contributed by atoms with van der Waals surface area (Å²) in [7, 11) is 0. The number of hydrogen-bond donors (Lipinski definition) is 3. The standard InChI is InChI=1S/C12H10FIN4O/c13-6-1-3-9(7(14)5-6)17-12-8(15)2-4-10(18-12)11(16)19/h1-5H,15H2,(H2,16,19)(H,17,18). The number of halogens is 2. The Morgan fingerprint density at radius 3 is 2.68 bits per heavy atom. The molecule has 0 aliphatic carbocycles. The lowest BCUT2D eigenvalue weighted by Crippen LogP contribution is -2.14. The number of nitrogens with one attached hydrogen (secondary N) is 1. The van der Waals surface area contributed by atoms with Crippen LogP contribution in [0, 0.1) is 9.39 Å². The van der Waals surface area contributed by atoms with E-state index < -0.39 is 5.91 Å². The Bertz CT molecular complexity index is 648. The number of carbonyl (C=O) groups excluding carboxylic acids is 1.